The molecule has 0 atom stereocenters. The third-order valence-electron chi connectivity index (χ3n) is 5.78. The molecular weight excluding hydrogens is 518 g/mol. The second-order valence-corrected chi connectivity index (χ2v) is 11.0. The minimum absolute atomic E-state index is 0.217. The average Bonchev–Trinajstić information content (AvgIpc) is 3.59. The van der Waals surface area contributed by atoms with Crippen LogP contribution >= 0.6 is 15.9 Å². The lowest BCUT2D eigenvalue weighted by Crippen LogP contribution is -2.26. The zero-order valence-corrected chi connectivity index (χ0v) is 21.0. The molecule has 1 saturated carbocycles. The largest absolute Gasteiger partial charge is 0.354 e. The van der Waals surface area contributed by atoms with Gasteiger partial charge in [0.2, 0.25) is 10.0 Å². The Kier molecular flexibility index (Phi) is 5.65. The van der Waals surface area contributed by atoms with Crippen LogP contribution in [0.5, 0.6) is 0 Å². The highest BCUT2D eigenvalue weighted by Crippen LogP contribution is 2.48. The number of nitrogens with zero attached hydrogens (tertiary/aromatic N) is 4. The van der Waals surface area contributed by atoms with Gasteiger partial charge in [-0.3, -0.25) is 9.78 Å². The lowest BCUT2D eigenvalue weighted by atomic mass is 10.0. The molecule has 8 nitrogen and oxygen atoms in total. The molecule has 0 aliphatic heterocycles. The molecule has 10 heteroatoms. The van der Waals surface area contributed by atoms with E-state index in [0.29, 0.717) is 28.0 Å². The molecule has 1 N–H and O–H groups in total. The van der Waals surface area contributed by atoms with E-state index in [-0.39, 0.29) is 11.8 Å². The van der Waals surface area contributed by atoms with Crippen molar-refractivity contribution in [3.8, 4) is 5.69 Å². The summed E-state index contributed by atoms with van der Waals surface area (Å²) in [5.74, 6) is -0.0546. The van der Waals surface area contributed by atoms with Gasteiger partial charge in [-0.25, -0.2) is 17.4 Å². The first kappa shape index (κ1) is 22.5. The number of halogens is 1. The Morgan fingerprint density at radius 3 is 2.50 bits per heavy atom. The van der Waals surface area contributed by atoms with Gasteiger partial charge in [0.05, 0.1) is 35.0 Å². The Morgan fingerprint density at radius 1 is 1.18 bits per heavy atom. The number of hydrogen-bond acceptors (Lipinski definition) is 5. The summed E-state index contributed by atoms with van der Waals surface area (Å²) in [5.41, 5.74) is 3.51. The average molecular weight is 540 g/mol. The van der Waals surface area contributed by atoms with Crippen LogP contribution in [0.15, 0.2) is 65.4 Å². The predicted molar refractivity (Wildman–Crippen MR) is 135 cm³/mol. The van der Waals surface area contributed by atoms with Crippen LogP contribution in [0.1, 0.15) is 34.8 Å². The Hall–Kier alpha value is -3.24. The number of nitrogens with one attached hydrogen (secondary N) is 1. The van der Waals surface area contributed by atoms with E-state index in [1.54, 1.807) is 36.1 Å². The first-order chi connectivity index (χ1) is 16.3. The molecule has 1 aliphatic carbocycles. The summed E-state index contributed by atoms with van der Waals surface area (Å²) in [6.45, 7) is 0. The van der Waals surface area contributed by atoms with Gasteiger partial charge in [0.25, 0.3) is 5.91 Å². The second-order valence-electron chi connectivity index (χ2n) is 8.26. The van der Waals surface area contributed by atoms with Crippen molar-refractivity contribution < 1.29 is 13.2 Å². The Morgan fingerprint density at radius 2 is 1.91 bits per heavy atom. The Labute approximate surface area is 205 Å². The van der Waals surface area contributed by atoms with Gasteiger partial charge in [0.1, 0.15) is 5.69 Å². The van der Waals surface area contributed by atoms with Crippen molar-refractivity contribution in [1.82, 2.24) is 20.1 Å². The molecule has 1 fully saturated rings. The van der Waals surface area contributed by atoms with Gasteiger partial charge in [-0.1, -0.05) is 15.9 Å². The zero-order valence-electron chi connectivity index (χ0n) is 18.6. The number of pyridine rings is 1. The standard InChI is InChI=1S/C24H22BrN5O3S/c1-26-24(31)23-20-12-19(15-5-6-15)22(30(34(2,32)33)18-4-3-11-27-14-18)13-21(20)28-29(23)17-9-7-16(25)8-10-17/h3-4,7-15H,5-6H2,1-2H3,(H,26,31). The number of amides is 1. The van der Waals surface area contributed by atoms with Crippen LogP contribution in [-0.4, -0.2) is 42.4 Å². The van der Waals surface area contributed by atoms with E-state index in [2.05, 4.69) is 26.2 Å². The SMILES string of the molecule is CNC(=O)c1c2cc(C3CC3)c(N(c3cccnc3)S(C)(=O)=O)cc2nn1-c1ccc(Br)cc1. The van der Waals surface area contributed by atoms with Crippen LogP contribution in [-0.2, 0) is 10.0 Å². The van der Waals surface area contributed by atoms with Crippen LogP contribution in [0.4, 0.5) is 11.4 Å². The number of hydrogen-bond donors (Lipinski definition) is 1. The second kappa shape index (κ2) is 8.52. The number of carbonyl (C=O) groups is 1. The minimum atomic E-state index is -3.67. The summed E-state index contributed by atoms with van der Waals surface area (Å²) in [4.78, 5) is 17.1. The van der Waals surface area contributed by atoms with E-state index in [1.165, 1.54) is 16.8 Å². The molecule has 0 saturated heterocycles. The van der Waals surface area contributed by atoms with E-state index in [1.807, 2.05) is 30.3 Å². The van der Waals surface area contributed by atoms with Gasteiger partial charge in [0.15, 0.2) is 0 Å². The highest BCUT2D eigenvalue weighted by molar-refractivity contribution is 9.10. The van der Waals surface area contributed by atoms with Gasteiger partial charge in [0, 0.05) is 23.1 Å². The fraction of sp³-hybridized carbons (Fsp3) is 0.208. The molecule has 2 aromatic carbocycles. The van der Waals surface area contributed by atoms with Crippen LogP contribution in [0.2, 0.25) is 0 Å². The van der Waals surface area contributed by atoms with E-state index >= 15 is 0 Å². The molecule has 1 amide bonds. The van der Waals surface area contributed by atoms with Crippen molar-refractivity contribution in [2.45, 2.75) is 18.8 Å². The molecule has 0 bridgehead atoms. The van der Waals surface area contributed by atoms with E-state index in [4.69, 9.17) is 5.10 Å². The van der Waals surface area contributed by atoms with Crippen molar-refractivity contribution in [2.75, 3.05) is 17.6 Å². The Balaban J connectivity index is 1.80. The number of fused-ring (bicyclic) bond motifs is 1. The molecule has 1 aliphatic rings. The molecular formula is C24H22BrN5O3S. The van der Waals surface area contributed by atoms with Crippen LogP contribution in [0.25, 0.3) is 16.6 Å². The lowest BCUT2D eigenvalue weighted by Gasteiger charge is -2.25. The maximum Gasteiger partial charge on any atom is 0.270 e. The van der Waals surface area contributed by atoms with Gasteiger partial charge in [-0.05, 0) is 72.9 Å². The summed E-state index contributed by atoms with van der Waals surface area (Å²) in [7, 11) is -2.09. The number of rotatable bonds is 6. The first-order valence-electron chi connectivity index (χ1n) is 10.7. The van der Waals surface area contributed by atoms with Crippen LogP contribution in [0.3, 0.4) is 0 Å². The number of carbonyl (C=O) groups excluding carboxylic acids is 1. The maximum atomic E-state index is 13.0. The summed E-state index contributed by atoms with van der Waals surface area (Å²) in [5, 5.41) is 8.11. The van der Waals surface area contributed by atoms with Gasteiger partial charge in [-0.2, -0.15) is 5.10 Å². The fourth-order valence-electron chi connectivity index (χ4n) is 4.12. The first-order valence-corrected chi connectivity index (χ1v) is 13.4. The summed E-state index contributed by atoms with van der Waals surface area (Å²) in [6, 6.07) is 14.6. The van der Waals surface area contributed by atoms with Crippen molar-refractivity contribution in [2.24, 2.45) is 0 Å². The zero-order chi connectivity index (χ0) is 24.0. The summed E-state index contributed by atoms with van der Waals surface area (Å²) < 4.78 is 29.7. The quantitative estimate of drug-likeness (QED) is 0.388. The molecule has 34 heavy (non-hydrogen) atoms. The number of anilines is 2. The fourth-order valence-corrected chi connectivity index (χ4v) is 5.40. The molecule has 0 unspecified atom stereocenters. The van der Waals surface area contributed by atoms with Gasteiger partial charge in [-0.15, -0.1) is 0 Å². The van der Waals surface area contributed by atoms with E-state index in [9.17, 15) is 13.2 Å². The smallest absolute Gasteiger partial charge is 0.270 e. The van der Waals surface area contributed by atoms with Crippen LogP contribution in [0, 0.1) is 0 Å². The number of benzene rings is 2. The number of aromatic nitrogens is 3. The molecule has 5 rings (SSSR count). The van der Waals surface area contributed by atoms with Crippen molar-refractivity contribution >= 4 is 54.1 Å². The van der Waals surface area contributed by atoms with E-state index in [0.717, 1.165) is 28.6 Å². The summed E-state index contributed by atoms with van der Waals surface area (Å²) >= 11 is 3.44. The van der Waals surface area contributed by atoms with E-state index < -0.39 is 10.0 Å². The number of sulfonamides is 1. The normalized spacial score (nSPS) is 13.7. The van der Waals surface area contributed by atoms with Crippen molar-refractivity contribution in [3.05, 3.63) is 76.7 Å². The van der Waals surface area contributed by atoms with Crippen LogP contribution < -0.4 is 9.62 Å². The van der Waals surface area contributed by atoms with Gasteiger partial charge >= 0.3 is 0 Å². The molecule has 2 heterocycles. The third kappa shape index (κ3) is 4.07. The highest BCUT2D eigenvalue weighted by atomic mass is 79.9. The topological polar surface area (TPSA) is 97.2 Å². The highest BCUT2D eigenvalue weighted by Gasteiger charge is 2.33. The minimum Gasteiger partial charge on any atom is -0.354 e. The molecule has 0 spiro atoms. The predicted octanol–water partition coefficient (Wildman–Crippen LogP) is 4.52. The Bertz CT molecular complexity index is 1500. The van der Waals surface area contributed by atoms with Crippen molar-refractivity contribution in [1.29, 1.82) is 0 Å². The third-order valence-corrected chi connectivity index (χ3v) is 7.38. The summed E-state index contributed by atoms with van der Waals surface area (Å²) in [6.07, 6.45) is 6.22. The molecule has 4 aromatic rings. The van der Waals surface area contributed by atoms with Crippen molar-refractivity contribution in [3.63, 3.8) is 0 Å². The molecule has 2 aromatic heterocycles. The monoisotopic (exact) mass is 539 g/mol. The molecule has 0 radical (unpaired) electrons. The van der Waals surface area contributed by atoms with Gasteiger partial charge < -0.3 is 5.32 Å². The maximum absolute atomic E-state index is 13.0. The lowest BCUT2D eigenvalue weighted by molar-refractivity contribution is 0.0957. The molecule has 174 valence electrons.